The first-order chi connectivity index (χ1) is 14.5. The Morgan fingerprint density at radius 3 is 2.77 bits per heavy atom. The number of aromatic nitrogens is 5. The third-order valence-electron chi connectivity index (χ3n) is 4.38. The second-order valence-corrected chi connectivity index (χ2v) is 6.78. The van der Waals surface area contributed by atoms with Gasteiger partial charge in [0.05, 0.1) is 10.4 Å². The number of nitrogens with one attached hydrogen (secondary N) is 1. The van der Waals surface area contributed by atoms with Crippen LogP contribution in [0.3, 0.4) is 0 Å². The van der Waals surface area contributed by atoms with Crippen molar-refractivity contribution < 1.29 is 9.32 Å². The Kier molecular flexibility index (Phi) is 5.31. The monoisotopic (exact) mass is 424 g/mol. The van der Waals surface area contributed by atoms with Crippen LogP contribution in [-0.4, -0.2) is 44.4 Å². The fourth-order valence-electron chi connectivity index (χ4n) is 2.83. The number of hydrogen-bond acceptors (Lipinski definition) is 8. The highest BCUT2D eigenvalue weighted by Gasteiger charge is 2.17. The third-order valence-corrected chi connectivity index (χ3v) is 4.67. The highest BCUT2D eigenvalue weighted by Crippen LogP contribution is 2.33. The maximum absolute atomic E-state index is 12.3. The number of carbonyl (C=O) groups excluding carboxylic acids is 1. The van der Waals surface area contributed by atoms with Gasteiger partial charge in [0.15, 0.2) is 11.6 Å². The molecule has 0 saturated carbocycles. The van der Waals surface area contributed by atoms with E-state index in [1.54, 1.807) is 41.6 Å². The van der Waals surface area contributed by atoms with Crippen LogP contribution in [0.2, 0.25) is 5.02 Å². The van der Waals surface area contributed by atoms with Gasteiger partial charge in [0.2, 0.25) is 5.58 Å². The van der Waals surface area contributed by atoms with Crippen LogP contribution in [0.4, 0.5) is 11.6 Å². The molecule has 0 fully saturated rings. The molecule has 3 heterocycles. The van der Waals surface area contributed by atoms with E-state index in [0.717, 1.165) is 5.69 Å². The summed E-state index contributed by atoms with van der Waals surface area (Å²) in [4.78, 5) is 18.4. The first-order valence-electron chi connectivity index (χ1n) is 8.86. The molecule has 0 bridgehead atoms. The number of nitrogens with two attached hydrogens (primary N) is 1. The lowest BCUT2D eigenvalue weighted by molar-refractivity contribution is 0.0970. The van der Waals surface area contributed by atoms with E-state index < -0.39 is 0 Å². The molecule has 11 heteroatoms. The Bertz CT molecular complexity index is 1200. The van der Waals surface area contributed by atoms with Crippen LogP contribution >= 0.6 is 11.6 Å². The largest absolute Gasteiger partial charge is 0.380 e. The summed E-state index contributed by atoms with van der Waals surface area (Å²) >= 11 is 6.11. The molecule has 1 aromatic carbocycles. The fraction of sp³-hybridized carbons (Fsp3) is 0.105. The summed E-state index contributed by atoms with van der Waals surface area (Å²) < 4.78 is 7.00. The number of benzene rings is 1. The SMILES string of the molecule is CN(C/C=C/NC(=O)c1ccc(-n2cnnc2)cc1)c1ncc(Cl)c2c(N)noc12. The standard InChI is InChI=1S/C19H17ClN8O2/c1-27(18-16-15(14(20)9-23-18)17(21)26-30-16)8-2-7-22-19(29)12-3-5-13(6-4-12)28-10-24-25-11-28/h2-7,9-11H,8H2,1H3,(H2,21,26)(H,22,29)/b7-2+. The average molecular weight is 425 g/mol. The zero-order chi connectivity index (χ0) is 21.1. The molecule has 30 heavy (non-hydrogen) atoms. The van der Waals surface area contributed by atoms with Crippen LogP contribution in [0.25, 0.3) is 16.7 Å². The van der Waals surface area contributed by atoms with Gasteiger partial charge in [0, 0.05) is 37.2 Å². The van der Waals surface area contributed by atoms with E-state index >= 15 is 0 Å². The van der Waals surface area contributed by atoms with Crippen molar-refractivity contribution in [1.29, 1.82) is 0 Å². The Morgan fingerprint density at radius 1 is 1.30 bits per heavy atom. The van der Waals surface area contributed by atoms with Gasteiger partial charge < -0.3 is 20.5 Å². The van der Waals surface area contributed by atoms with E-state index in [2.05, 4.69) is 25.7 Å². The molecule has 0 atom stereocenters. The van der Waals surface area contributed by atoms with E-state index in [-0.39, 0.29) is 11.7 Å². The number of pyridine rings is 1. The number of fused-ring (bicyclic) bond motifs is 1. The fourth-order valence-corrected chi connectivity index (χ4v) is 3.06. The smallest absolute Gasteiger partial charge is 0.255 e. The lowest BCUT2D eigenvalue weighted by Gasteiger charge is -2.15. The molecule has 0 spiro atoms. The Labute approximate surface area is 175 Å². The predicted octanol–water partition coefficient (Wildman–Crippen LogP) is 2.42. The number of anilines is 2. The third kappa shape index (κ3) is 3.80. The second kappa shape index (κ2) is 8.21. The molecule has 1 amide bonds. The number of nitrogen functional groups attached to an aromatic ring is 1. The summed E-state index contributed by atoms with van der Waals surface area (Å²) in [6.07, 6.45) is 8.04. The van der Waals surface area contributed by atoms with Crippen LogP contribution in [-0.2, 0) is 0 Å². The van der Waals surface area contributed by atoms with E-state index in [1.165, 1.54) is 6.20 Å². The van der Waals surface area contributed by atoms with E-state index in [0.29, 0.717) is 33.9 Å². The topological polar surface area (TPSA) is 128 Å². The lowest BCUT2D eigenvalue weighted by Crippen LogP contribution is -2.21. The second-order valence-electron chi connectivity index (χ2n) is 6.37. The lowest BCUT2D eigenvalue weighted by atomic mass is 10.2. The van der Waals surface area contributed by atoms with Gasteiger partial charge in [-0.3, -0.25) is 9.36 Å². The molecule has 4 aromatic rings. The summed E-state index contributed by atoms with van der Waals surface area (Å²) in [5, 5.41) is 14.9. The molecule has 3 aromatic heterocycles. The Balaban J connectivity index is 1.37. The van der Waals surface area contributed by atoms with Gasteiger partial charge in [-0.05, 0) is 30.3 Å². The van der Waals surface area contributed by atoms with Crippen LogP contribution in [0, 0.1) is 0 Å². The van der Waals surface area contributed by atoms with Crippen molar-refractivity contribution >= 4 is 40.1 Å². The Hall–Kier alpha value is -3.92. The minimum absolute atomic E-state index is 0.213. The molecule has 0 aliphatic carbocycles. The van der Waals surface area contributed by atoms with Crippen molar-refractivity contribution in [3.63, 3.8) is 0 Å². The van der Waals surface area contributed by atoms with Crippen LogP contribution < -0.4 is 16.0 Å². The molecule has 0 unspecified atom stereocenters. The summed E-state index contributed by atoms with van der Waals surface area (Å²) in [6.45, 7) is 0.456. The first kappa shape index (κ1) is 19.4. The number of rotatable bonds is 6. The molecular weight excluding hydrogens is 408 g/mol. The van der Waals surface area contributed by atoms with Crippen molar-refractivity contribution in [3.8, 4) is 5.69 Å². The van der Waals surface area contributed by atoms with Gasteiger partial charge in [-0.25, -0.2) is 4.98 Å². The minimum Gasteiger partial charge on any atom is -0.380 e. The van der Waals surface area contributed by atoms with E-state index in [9.17, 15) is 4.79 Å². The molecule has 0 saturated heterocycles. The minimum atomic E-state index is -0.223. The molecule has 0 aliphatic heterocycles. The zero-order valence-corrected chi connectivity index (χ0v) is 16.6. The number of amides is 1. The molecular formula is C19H17ClN8O2. The van der Waals surface area contributed by atoms with Crippen LogP contribution in [0.1, 0.15) is 10.4 Å². The highest BCUT2D eigenvalue weighted by molar-refractivity contribution is 6.36. The van der Waals surface area contributed by atoms with Crippen LogP contribution in [0.15, 0.2) is 59.9 Å². The van der Waals surface area contributed by atoms with E-state index in [1.807, 2.05) is 24.1 Å². The summed E-state index contributed by atoms with van der Waals surface area (Å²) in [6, 6.07) is 7.09. The number of halogens is 1. The maximum atomic E-state index is 12.3. The first-order valence-corrected chi connectivity index (χ1v) is 9.24. The van der Waals surface area contributed by atoms with Crippen molar-refractivity contribution in [2.45, 2.75) is 0 Å². The maximum Gasteiger partial charge on any atom is 0.255 e. The summed E-state index contributed by atoms with van der Waals surface area (Å²) in [5.41, 5.74) is 7.59. The van der Waals surface area contributed by atoms with Gasteiger partial charge in [0.25, 0.3) is 5.91 Å². The van der Waals surface area contributed by atoms with Crippen molar-refractivity contribution in [2.24, 2.45) is 0 Å². The predicted molar refractivity (Wildman–Crippen MR) is 112 cm³/mol. The van der Waals surface area contributed by atoms with Crippen molar-refractivity contribution in [3.05, 3.63) is 66.0 Å². The van der Waals surface area contributed by atoms with E-state index in [4.69, 9.17) is 21.9 Å². The molecule has 10 nitrogen and oxygen atoms in total. The van der Waals surface area contributed by atoms with Gasteiger partial charge >= 0.3 is 0 Å². The number of hydrogen-bond donors (Lipinski definition) is 2. The van der Waals surface area contributed by atoms with Gasteiger partial charge in [-0.15, -0.1) is 10.2 Å². The molecule has 3 N–H and O–H groups in total. The normalized spacial score (nSPS) is 11.3. The summed E-state index contributed by atoms with van der Waals surface area (Å²) in [5.74, 6) is 0.531. The average Bonchev–Trinajstić information content (AvgIpc) is 3.42. The van der Waals surface area contributed by atoms with Gasteiger partial charge in [0.1, 0.15) is 12.7 Å². The van der Waals surface area contributed by atoms with Gasteiger partial charge in [-0.2, -0.15) is 0 Å². The van der Waals surface area contributed by atoms with Crippen LogP contribution in [0.5, 0.6) is 0 Å². The molecule has 152 valence electrons. The molecule has 0 aliphatic rings. The molecule has 4 rings (SSSR count). The van der Waals surface area contributed by atoms with Gasteiger partial charge in [-0.1, -0.05) is 16.8 Å². The molecule has 0 radical (unpaired) electrons. The number of carbonyl (C=O) groups is 1. The number of likely N-dealkylation sites (N-methyl/N-ethyl adjacent to an activating group) is 1. The Morgan fingerprint density at radius 2 is 2.03 bits per heavy atom. The zero-order valence-electron chi connectivity index (χ0n) is 15.9. The highest BCUT2D eigenvalue weighted by atomic mass is 35.5. The summed E-state index contributed by atoms with van der Waals surface area (Å²) in [7, 11) is 1.82. The van der Waals surface area contributed by atoms with Crippen molar-refractivity contribution in [2.75, 3.05) is 24.2 Å². The number of nitrogens with zero attached hydrogens (tertiary/aromatic N) is 6. The quantitative estimate of drug-likeness (QED) is 0.483. The van der Waals surface area contributed by atoms with Crippen molar-refractivity contribution in [1.82, 2.24) is 30.2 Å².